The lowest BCUT2D eigenvalue weighted by Crippen LogP contribution is -2.69. The fourth-order valence-corrected chi connectivity index (χ4v) is 4.76. The fourth-order valence-electron chi connectivity index (χ4n) is 2.79. The first-order valence-electron chi connectivity index (χ1n) is 8.73. The highest BCUT2D eigenvalue weighted by Crippen LogP contribution is 2.36. The molecule has 0 bridgehead atoms. The number of thioether (sulfide) groups is 1. The molecular weight excluding hydrogens is 503 g/mol. The third kappa shape index (κ3) is 4.37. The Balaban J connectivity index is 1.53. The van der Waals surface area contributed by atoms with Crippen molar-refractivity contribution in [3.8, 4) is 5.75 Å². The van der Waals surface area contributed by atoms with Gasteiger partial charge in [-0.25, -0.2) is 4.79 Å². The number of carbonyl (C=O) groups excluding carboxylic acids is 2. The van der Waals surface area contributed by atoms with Crippen LogP contribution in [-0.4, -0.2) is 60.0 Å². The monoisotopic (exact) mass is 514 g/mol. The first kappa shape index (κ1) is 22.3. The zero-order valence-corrected chi connectivity index (χ0v) is 18.8. The van der Waals surface area contributed by atoms with Crippen LogP contribution in [-0.2, 0) is 14.4 Å². The molecular formula is C17H12Cl2N6O5S2. The summed E-state index contributed by atoms with van der Waals surface area (Å²) in [6, 6.07) is 3.51. The van der Waals surface area contributed by atoms with Gasteiger partial charge in [0, 0.05) is 29.6 Å². The summed E-state index contributed by atoms with van der Waals surface area (Å²) in [7, 11) is 0. The average molecular weight is 515 g/mol. The normalized spacial score (nSPS) is 20.2. The van der Waals surface area contributed by atoms with Gasteiger partial charge in [-0.15, -0.1) is 11.8 Å². The number of oxime groups is 1. The van der Waals surface area contributed by atoms with Crippen LogP contribution in [0.15, 0.2) is 35.1 Å². The number of aliphatic carboxylic acids is 1. The van der Waals surface area contributed by atoms with Crippen molar-refractivity contribution in [3.63, 3.8) is 0 Å². The number of nitrogens with zero attached hydrogens (tertiary/aromatic N) is 4. The van der Waals surface area contributed by atoms with E-state index < -0.39 is 29.2 Å². The van der Waals surface area contributed by atoms with Gasteiger partial charge in [0.25, 0.3) is 11.8 Å². The second-order valence-electron chi connectivity index (χ2n) is 6.42. The highest BCUT2D eigenvalue weighted by atomic mass is 35.5. The number of carboxylic acid groups (broad SMARTS) is 1. The zero-order valence-electron chi connectivity index (χ0n) is 15.7. The van der Waals surface area contributed by atoms with Gasteiger partial charge < -0.3 is 25.9 Å². The molecule has 1 saturated heterocycles. The van der Waals surface area contributed by atoms with Crippen LogP contribution in [0.4, 0.5) is 5.13 Å². The molecule has 2 aliphatic rings. The number of nitrogens with two attached hydrogens (primary N) is 1. The third-order valence-corrected chi connectivity index (χ3v) is 6.95. The Morgan fingerprint density at radius 1 is 1.34 bits per heavy atom. The highest BCUT2D eigenvalue weighted by molar-refractivity contribution is 8.00. The summed E-state index contributed by atoms with van der Waals surface area (Å²) in [4.78, 5) is 47.0. The number of nitrogens with one attached hydrogen (secondary N) is 1. The Morgan fingerprint density at radius 3 is 2.78 bits per heavy atom. The van der Waals surface area contributed by atoms with Crippen molar-refractivity contribution in [1.82, 2.24) is 19.6 Å². The van der Waals surface area contributed by atoms with Crippen molar-refractivity contribution < 1.29 is 24.3 Å². The molecule has 1 unspecified atom stereocenters. The van der Waals surface area contributed by atoms with Gasteiger partial charge >= 0.3 is 5.97 Å². The maximum atomic E-state index is 12.9. The molecule has 2 amide bonds. The smallest absolute Gasteiger partial charge is 0.333 e. The van der Waals surface area contributed by atoms with Crippen LogP contribution in [0.2, 0.25) is 10.0 Å². The maximum absolute atomic E-state index is 12.9. The quantitative estimate of drug-likeness (QED) is 0.295. The van der Waals surface area contributed by atoms with E-state index in [4.69, 9.17) is 38.9 Å². The molecule has 0 aliphatic carbocycles. The van der Waals surface area contributed by atoms with Gasteiger partial charge in [-0.05, 0) is 12.1 Å². The van der Waals surface area contributed by atoms with E-state index in [0.717, 1.165) is 11.5 Å². The summed E-state index contributed by atoms with van der Waals surface area (Å²) >= 11 is 13.9. The number of halogens is 2. The molecule has 2 aliphatic heterocycles. The lowest BCUT2D eigenvalue weighted by Gasteiger charge is -2.46. The van der Waals surface area contributed by atoms with Crippen molar-refractivity contribution in [2.24, 2.45) is 5.16 Å². The average Bonchev–Trinajstić information content (AvgIpc) is 3.19. The van der Waals surface area contributed by atoms with E-state index >= 15 is 0 Å². The number of fused-ring (bicyclic) bond motifs is 1. The van der Waals surface area contributed by atoms with Crippen molar-refractivity contribution >= 4 is 75.1 Å². The van der Waals surface area contributed by atoms with Gasteiger partial charge in [0.15, 0.2) is 10.9 Å². The molecule has 3 heterocycles. The Bertz CT molecular complexity index is 1190. The number of benzene rings is 1. The molecule has 166 valence electrons. The third-order valence-electron chi connectivity index (χ3n) is 4.35. The Labute approximate surface area is 198 Å². The topological polar surface area (TPSA) is 160 Å². The minimum atomic E-state index is -1.10. The summed E-state index contributed by atoms with van der Waals surface area (Å²) in [5.74, 6) is -2.01. The van der Waals surface area contributed by atoms with Crippen molar-refractivity contribution in [1.29, 1.82) is 0 Å². The molecule has 1 aromatic carbocycles. The van der Waals surface area contributed by atoms with E-state index in [1.54, 1.807) is 0 Å². The number of hydrogen-bond donors (Lipinski definition) is 3. The molecule has 0 saturated carbocycles. The second-order valence-corrected chi connectivity index (χ2v) is 9.12. The number of rotatable bonds is 6. The number of aromatic nitrogens is 2. The van der Waals surface area contributed by atoms with Crippen LogP contribution < -0.4 is 15.9 Å². The van der Waals surface area contributed by atoms with Gasteiger partial charge in [0.2, 0.25) is 11.5 Å². The molecule has 4 N–H and O–H groups in total. The number of carbonyl (C=O) groups is 3. The molecule has 32 heavy (non-hydrogen) atoms. The summed E-state index contributed by atoms with van der Waals surface area (Å²) < 4.78 is 3.97. The van der Waals surface area contributed by atoms with Crippen molar-refractivity contribution in [2.75, 3.05) is 11.5 Å². The van der Waals surface area contributed by atoms with Crippen molar-refractivity contribution in [2.45, 2.75) is 11.4 Å². The minimum Gasteiger partial charge on any atom is -0.478 e. The molecule has 1 fully saturated rings. The van der Waals surface area contributed by atoms with Gasteiger partial charge in [-0.3, -0.25) is 9.59 Å². The summed E-state index contributed by atoms with van der Waals surface area (Å²) in [6.07, 6.45) is 1.28. The minimum absolute atomic E-state index is 0.0851. The van der Waals surface area contributed by atoms with Crippen LogP contribution in [0, 0.1) is 0 Å². The Morgan fingerprint density at radius 2 is 2.12 bits per heavy atom. The number of amides is 2. The largest absolute Gasteiger partial charge is 0.478 e. The number of nitrogen functional groups attached to an aromatic ring is 1. The van der Waals surface area contributed by atoms with E-state index in [9.17, 15) is 14.4 Å². The van der Waals surface area contributed by atoms with Gasteiger partial charge in [0.1, 0.15) is 11.4 Å². The number of carboxylic acids is 1. The summed E-state index contributed by atoms with van der Waals surface area (Å²) in [5, 5.41) is 15.7. The SMILES string of the molecule is Nc1nc(C(=NOc2ccc(Cl)c(Cl)c2)C(=O)NC2C(=O)N3C=C(C(=O)O)CS[C@H]23)ns1. The Hall–Kier alpha value is -2.87. The lowest BCUT2D eigenvalue weighted by atomic mass is 10.1. The first-order valence-corrected chi connectivity index (χ1v) is 11.3. The van der Waals surface area contributed by atoms with Crippen LogP contribution in [0.3, 0.4) is 0 Å². The van der Waals surface area contributed by atoms with E-state index in [0.29, 0.717) is 5.02 Å². The molecule has 4 rings (SSSR count). The molecule has 11 nitrogen and oxygen atoms in total. The molecule has 1 aromatic heterocycles. The van der Waals surface area contributed by atoms with E-state index in [1.807, 2.05) is 0 Å². The van der Waals surface area contributed by atoms with Crippen LogP contribution >= 0.6 is 46.5 Å². The van der Waals surface area contributed by atoms with E-state index in [1.165, 1.54) is 41.1 Å². The van der Waals surface area contributed by atoms with E-state index in [2.05, 4.69) is 19.8 Å². The predicted octanol–water partition coefficient (Wildman–Crippen LogP) is 1.58. The Kier molecular flexibility index (Phi) is 6.24. The first-order chi connectivity index (χ1) is 15.2. The lowest BCUT2D eigenvalue weighted by molar-refractivity contribution is -0.144. The van der Waals surface area contributed by atoms with Gasteiger partial charge in [0.05, 0.1) is 15.6 Å². The number of β-lactam (4-membered cyclic amide) rings is 1. The second kappa shape index (κ2) is 8.94. The van der Waals surface area contributed by atoms with Gasteiger partial charge in [-0.1, -0.05) is 28.4 Å². The predicted molar refractivity (Wildman–Crippen MR) is 119 cm³/mol. The molecule has 15 heteroatoms. The standard InChI is InChI=1S/C17H12Cl2N6O5S2/c18-8-2-1-7(3-9(8)19)30-23-10(12-22-17(20)32-24-12)13(26)21-11-14(27)25-4-6(16(28)29)5-31-15(11)25/h1-4,11,15H,5H2,(H,21,26)(H,28,29)(H2,20,22,24)/t11?,15-/m1/s1. The van der Waals surface area contributed by atoms with Crippen LogP contribution in [0.5, 0.6) is 5.75 Å². The zero-order chi connectivity index (χ0) is 23.0. The summed E-state index contributed by atoms with van der Waals surface area (Å²) in [6.45, 7) is 0. The highest BCUT2D eigenvalue weighted by Gasteiger charge is 2.50. The van der Waals surface area contributed by atoms with E-state index in [-0.39, 0.29) is 38.8 Å². The van der Waals surface area contributed by atoms with Crippen LogP contribution in [0.25, 0.3) is 0 Å². The summed E-state index contributed by atoms with van der Waals surface area (Å²) in [5.41, 5.74) is 5.41. The maximum Gasteiger partial charge on any atom is 0.333 e. The number of hydrogen-bond acceptors (Lipinski definition) is 10. The van der Waals surface area contributed by atoms with Crippen molar-refractivity contribution in [3.05, 3.63) is 45.8 Å². The molecule has 0 spiro atoms. The van der Waals surface area contributed by atoms with Gasteiger partial charge in [-0.2, -0.15) is 9.36 Å². The van der Waals surface area contributed by atoms with Crippen LogP contribution in [0.1, 0.15) is 5.82 Å². The molecule has 0 radical (unpaired) electrons. The number of anilines is 1. The molecule has 2 atom stereocenters. The fraction of sp³-hybridized carbons (Fsp3) is 0.176. The molecule has 2 aromatic rings.